The normalized spacial score (nSPS) is 15.2. The summed E-state index contributed by atoms with van der Waals surface area (Å²) in [7, 11) is 2.01. The van der Waals surface area contributed by atoms with Gasteiger partial charge in [0.05, 0.1) is 16.3 Å². The number of likely N-dealkylation sites (tertiary alicyclic amines) is 1. The summed E-state index contributed by atoms with van der Waals surface area (Å²) in [6, 6.07) is 13.3. The van der Waals surface area contributed by atoms with Crippen molar-refractivity contribution in [3.05, 3.63) is 89.4 Å². The number of nitrogen functional groups attached to an aromatic ring is 1. The molecule has 3 heterocycles. The second kappa shape index (κ2) is 11.2. The Morgan fingerprint density at radius 1 is 1.31 bits per heavy atom. The van der Waals surface area contributed by atoms with E-state index < -0.39 is 0 Å². The summed E-state index contributed by atoms with van der Waals surface area (Å²) >= 11 is 6.59. The van der Waals surface area contributed by atoms with E-state index in [4.69, 9.17) is 27.5 Å². The number of nitrogens with zero attached hydrogens (tertiary/aromatic N) is 4. The molecule has 1 aliphatic heterocycles. The molecular weight excluding hydrogens is 514 g/mol. The lowest BCUT2D eigenvalue weighted by Crippen LogP contribution is -2.44. The number of para-hydroxylation sites is 1. The first kappa shape index (κ1) is 26.2. The molecule has 2 aromatic heterocycles. The Hall–Kier alpha value is -4.37. The lowest BCUT2D eigenvalue weighted by molar-refractivity contribution is -0.127. The summed E-state index contributed by atoms with van der Waals surface area (Å²) in [5, 5.41) is 13.8. The fourth-order valence-electron chi connectivity index (χ4n) is 4.99. The molecule has 1 amide bonds. The van der Waals surface area contributed by atoms with Crippen LogP contribution in [0.15, 0.2) is 67.6 Å². The molecule has 0 aliphatic carbocycles. The molecular formula is C29H30ClN7O2. The number of nitrogens with one attached hydrogen (secondary N) is 2. The van der Waals surface area contributed by atoms with Crippen molar-refractivity contribution in [3.8, 4) is 5.75 Å². The van der Waals surface area contributed by atoms with Gasteiger partial charge in [0.2, 0.25) is 5.91 Å². The molecule has 1 aliphatic rings. The number of anilines is 2. The van der Waals surface area contributed by atoms with Crippen molar-refractivity contribution in [2.75, 3.05) is 24.1 Å². The Balaban J connectivity index is 1.33. The third kappa shape index (κ3) is 5.44. The average molecular weight is 544 g/mol. The van der Waals surface area contributed by atoms with Crippen LogP contribution in [0.5, 0.6) is 5.75 Å². The second-order valence-corrected chi connectivity index (χ2v) is 9.95. The number of hydrogen-bond acceptors (Lipinski definition) is 7. The average Bonchev–Trinajstić information content (AvgIpc) is 3.27. The van der Waals surface area contributed by atoms with Crippen molar-refractivity contribution in [2.24, 2.45) is 7.05 Å². The van der Waals surface area contributed by atoms with E-state index in [2.05, 4.69) is 38.6 Å². The Morgan fingerprint density at radius 2 is 2.13 bits per heavy atom. The lowest BCUT2D eigenvalue weighted by Gasteiger charge is -2.33. The molecule has 2 aromatic carbocycles. The number of benzene rings is 2. The number of ether oxygens (including phenoxy) is 1. The summed E-state index contributed by atoms with van der Waals surface area (Å²) in [6.07, 6.45) is 6.44. The van der Waals surface area contributed by atoms with Crippen LogP contribution in [0.4, 0.5) is 11.6 Å². The third-order valence-electron chi connectivity index (χ3n) is 6.96. The maximum Gasteiger partial charge on any atom is 0.246 e. The van der Waals surface area contributed by atoms with Crippen LogP contribution >= 0.6 is 11.6 Å². The van der Waals surface area contributed by atoms with Crippen molar-refractivity contribution in [1.82, 2.24) is 19.4 Å². The van der Waals surface area contributed by atoms with E-state index in [1.54, 1.807) is 23.1 Å². The molecule has 1 saturated heterocycles. The molecule has 1 atom stereocenters. The van der Waals surface area contributed by atoms with Gasteiger partial charge in [0.15, 0.2) is 0 Å². The third-order valence-corrected chi connectivity index (χ3v) is 7.25. The van der Waals surface area contributed by atoms with Gasteiger partial charge in [-0.25, -0.2) is 9.97 Å². The minimum atomic E-state index is -0.103. The lowest BCUT2D eigenvalue weighted by atomic mass is 10.0. The number of carbonyl (C=O) groups is 1. The predicted molar refractivity (Wildman–Crippen MR) is 154 cm³/mol. The van der Waals surface area contributed by atoms with Gasteiger partial charge < -0.3 is 25.3 Å². The van der Waals surface area contributed by atoms with Crippen LogP contribution < -0.4 is 15.8 Å². The number of halogens is 1. The van der Waals surface area contributed by atoms with Crippen LogP contribution in [0.2, 0.25) is 5.02 Å². The van der Waals surface area contributed by atoms with E-state index in [9.17, 15) is 4.79 Å². The van der Waals surface area contributed by atoms with Crippen molar-refractivity contribution in [3.63, 3.8) is 0 Å². The molecule has 9 nitrogen and oxygen atoms in total. The van der Waals surface area contributed by atoms with E-state index in [-0.39, 0.29) is 23.5 Å². The first-order valence-corrected chi connectivity index (χ1v) is 13.1. The number of fused-ring (bicyclic) bond motifs is 1. The Morgan fingerprint density at radius 3 is 2.92 bits per heavy atom. The highest BCUT2D eigenvalue weighted by Gasteiger charge is 2.25. The van der Waals surface area contributed by atoms with E-state index in [1.807, 2.05) is 25.4 Å². The summed E-state index contributed by atoms with van der Waals surface area (Å²) in [5.74, 6) is 1.04. The quantitative estimate of drug-likeness (QED) is 0.217. The molecule has 0 radical (unpaired) electrons. The number of carbonyl (C=O) groups excluding carboxylic acids is 1. The van der Waals surface area contributed by atoms with Gasteiger partial charge in [0.1, 0.15) is 30.3 Å². The second-order valence-electron chi connectivity index (χ2n) is 9.55. The number of hydrogen-bond donors (Lipinski definition) is 3. The molecule has 4 aromatic rings. The minimum Gasteiger partial charge on any atom is -0.487 e. The molecule has 39 heavy (non-hydrogen) atoms. The highest BCUT2D eigenvalue weighted by atomic mass is 35.5. The molecule has 0 saturated carbocycles. The molecule has 1 unspecified atom stereocenters. The zero-order valence-corrected chi connectivity index (χ0v) is 22.4. The topological polar surface area (TPSA) is 122 Å². The Bertz CT molecular complexity index is 1560. The molecule has 4 N–H and O–H groups in total. The summed E-state index contributed by atoms with van der Waals surface area (Å²) < 4.78 is 8.12. The van der Waals surface area contributed by atoms with Gasteiger partial charge in [-0.05, 0) is 43.2 Å². The Labute approximate surface area is 231 Å². The van der Waals surface area contributed by atoms with Gasteiger partial charge in [-0.3, -0.25) is 10.2 Å². The molecule has 200 valence electrons. The number of amides is 1. The van der Waals surface area contributed by atoms with Crippen molar-refractivity contribution in [2.45, 2.75) is 25.5 Å². The van der Waals surface area contributed by atoms with Crippen molar-refractivity contribution < 1.29 is 9.53 Å². The van der Waals surface area contributed by atoms with Gasteiger partial charge in [-0.1, -0.05) is 36.4 Å². The van der Waals surface area contributed by atoms with Gasteiger partial charge in [-0.15, -0.1) is 0 Å². The first-order valence-electron chi connectivity index (χ1n) is 12.7. The minimum absolute atomic E-state index is 0.0445. The zero-order chi connectivity index (χ0) is 27.5. The van der Waals surface area contributed by atoms with Crippen molar-refractivity contribution in [1.29, 1.82) is 5.41 Å². The molecule has 0 spiro atoms. The largest absolute Gasteiger partial charge is 0.487 e. The highest BCUT2D eigenvalue weighted by Crippen LogP contribution is 2.31. The summed E-state index contributed by atoms with van der Waals surface area (Å²) in [4.78, 5) is 22.3. The van der Waals surface area contributed by atoms with Crippen LogP contribution in [0.3, 0.4) is 0 Å². The van der Waals surface area contributed by atoms with Crippen molar-refractivity contribution >= 4 is 45.8 Å². The zero-order valence-electron chi connectivity index (χ0n) is 21.7. The molecule has 0 bridgehead atoms. The SMILES string of the molecule is C=CC(=O)N1CCCC(Nc2ncnc(N)c2C(=N)c2ccc(OCc3cn(C)c4ccccc34)c(Cl)c2)C1. The standard InChI is InChI=1S/C29H30ClN7O2/c1-3-25(38)37-12-6-7-20(15-37)35-29-26(28(32)33-17-34-29)27(31)18-10-11-24(22(30)13-18)39-16-19-14-36(2)23-9-5-4-8-21(19)23/h3-5,8-11,13-14,17,20,31H,1,6-7,12,15-16H2,2H3,(H3,32,33,34,35). The maximum absolute atomic E-state index is 12.1. The number of nitrogens with two attached hydrogens (primary N) is 1. The van der Waals surface area contributed by atoms with Gasteiger partial charge in [0, 0.05) is 54.4 Å². The van der Waals surface area contributed by atoms with Crippen LogP contribution in [0.25, 0.3) is 10.9 Å². The van der Waals surface area contributed by atoms with Gasteiger partial charge >= 0.3 is 0 Å². The van der Waals surface area contributed by atoms with Crippen LogP contribution in [0, 0.1) is 5.41 Å². The van der Waals surface area contributed by atoms with E-state index >= 15 is 0 Å². The van der Waals surface area contributed by atoms with Crippen LogP contribution in [-0.2, 0) is 18.4 Å². The van der Waals surface area contributed by atoms with Gasteiger partial charge in [-0.2, -0.15) is 0 Å². The summed E-state index contributed by atoms with van der Waals surface area (Å²) in [6.45, 7) is 5.14. The van der Waals surface area contributed by atoms with Crippen LogP contribution in [0.1, 0.15) is 29.5 Å². The van der Waals surface area contributed by atoms with Gasteiger partial charge in [0.25, 0.3) is 0 Å². The maximum atomic E-state index is 12.1. The fourth-order valence-corrected chi connectivity index (χ4v) is 5.22. The number of aryl methyl sites for hydroxylation is 1. The monoisotopic (exact) mass is 543 g/mol. The number of piperidine rings is 1. The molecule has 10 heteroatoms. The van der Waals surface area contributed by atoms with E-state index in [0.717, 1.165) is 29.3 Å². The molecule has 5 rings (SSSR count). The first-order chi connectivity index (χ1) is 18.9. The Kier molecular flexibility index (Phi) is 7.51. The number of aromatic nitrogens is 3. The highest BCUT2D eigenvalue weighted by molar-refractivity contribution is 6.32. The van der Waals surface area contributed by atoms with E-state index in [0.29, 0.717) is 47.4 Å². The summed E-state index contributed by atoms with van der Waals surface area (Å²) in [5.41, 5.74) is 9.47. The predicted octanol–water partition coefficient (Wildman–Crippen LogP) is 4.79. The molecule has 1 fully saturated rings. The fraction of sp³-hybridized carbons (Fsp3) is 0.241. The van der Waals surface area contributed by atoms with E-state index in [1.165, 1.54) is 12.4 Å². The smallest absolute Gasteiger partial charge is 0.246 e. The number of rotatable bonds is 8. The van der Waals surface area contributed by atoms with Crippen LogP contribution in [-0.4, -0.2) is 50.2 Å².